The Morgan fingerprint density at radius 3 is 1.90 bits per heavy atom. The van der Waals surface area contributed by atoms with Gasteiger partial charge in [0, 0.05) is 19.3 Å². The summed E-state index contributed by atoms with van der Waals surface area (Å²) in [6.45, 7) is 14.4. The maximum atomic E-state index is 12.1. The van der Waals surface area contributed by atoms with Crippen molar-refractivity contribution in [1.82, 2.24) is 9.96 Å². The van der Waals surface area contributed by atoms with Crippen molar-refractivity contribution < 1.29 is 19.5 Å². The third-order valence-corrected chi connectivity index (χ3v) is 4.87. The average Bonchev–Trinajstić information content (AvgIpc) is 2.38. The summed E-state index contributed by atoms with van der Waals surface area (Å²) in [5.74, 6) is -1.09. The number of hydroxylamine groups is 2. The summed E-state index contributed by atoms with van der Waals surface area (Å²) in [6.07, 6.45) is 0.651. The second kappa shape index (κ2) is 10.3. The number of carbonyl (C=O) groups excluding carboxylic acids is 1. The van der Waals surface area contributed by atoms with Gasteiger partial charge in [0.1, 0.15) is 0 Å². The molecule has 21 heavy (non-hydrogen) atoms. The van der Waals surface area contributed by atoms with Crippen molar-refractivity contribution >= 4 is 13.3 Å². The fourth-order valence-corrected chi connectivity index (χ4v) is 3.08. The lowest BCUT2D eigenvalue weighted by molar-refractivity contribution is -0.171. The first kappa shape index (κ1) is 22.9. The molecule has 0 radical (unpaired) electrons. The van der Waals surface area contributed by atoms with E-state index in [1.165, 1.54) is 6.66 Å². The lowest BCUT2D eigenvalue weighted by Crippen LogP contribution is -2.52. The van der Waals surface area contributed by atoms with E-state index in [0.29, 0.717) is 11.5 Å². The summed E-state index contributed by atoms with van der Waals surface area (Å²) in [7, 11) is -3.33. The number of carbonyl (C=O) groups is 1. The van der Waals surface area contributed by atoms with Gasteiger partial charge in [0.05, 0.1) is 11.8 Å². The van der Waals surface area contributed by atoms with Crippen LogP contribution in [0.5, 0.6) is 0 Å². The Labute approximate surface area is 129 Å². The van der Waals surface area contributed by atoms with Crippen LogP contribution in [-0.4, -0.2) is 57.0 Å². The zero-order valence-electron chi connectivity index (χ0n) is 14.7. The summed E-state index contributed by atoms with van der Waals surface area (Å²) in [5.41, 5.74) is 0. The van der Waals surface area contributed by atoms with Crippen LogP contribution in [-0.2, 0) is 9.36 Å². The topological polar surface area (TPSA) is 81.1 Å². The number of rotatable bonds is 7. The van der Waals surface area contributed by atoms with Crippen LogP contribution >= 0.6 is 7.37 Å². The van der Waals surface area contributed by atoms with E-state index in [-0.39, 0.29) is 12.6 Å². The lowest BCUT2D eigenvalue weighted by atomic mass is 10.2. The molecular weight excluding hydrogens is 291 g/mol. The minimum absolute atomic E-state index is 0.0793. The molecule has 0 aliphatic rings. The largest absolute Gasteiger partial charge is 0.343 e. The molecule has 0 heterocycles. The highest BCUT2D eigenvalue weighted by molar-refractivity contribution is 7.57. The number of nitrogens with zero attached hydrogens (tertiary/aromatic N) is 2. The molecule has 0 rings (SSSR count). The molecule has 3 unspecified atom stereocenters. The van der Waals surface area contributed by atoms with Crippen molar-refractivity contribution in [3.8, 4) is 0 Å². The Bertz CT molecular complexity index is 344. The Kier molecular flexibility index (Phi) is 11.2. The van der Waals surface area contributed by atoms with Crippen molar-refractivity contribution in [2.24, 2.45) is 0 Å². The standard InChI is InChI=1S/C12H27N2O4P.C2H6/c1-7-8-13(16)12(15)10(4)14(9(2)3)11(5)19(6,17)18;1-2/h9-11,16H,7-8H2,1-6H3,(H,17,18);1-2H3. The molecule has 7 heteroatoms. The van der Waals surface area contributed by atoms with Gasteiger partial charge in [0.2, 0.25) is 7.37 Å². The Morgan fingerprint density at radius 1 is 1.19 bits per heavy atom. The van der Waals surface area contributed by atoms with Crippen LogP contribution in [0.2, 0.25) is 0 Å². The first-order valence-corrected chi connectivity index (χ1v) is 9.79. The molecule has 0 saturated carbocycles. The fourth-order valence-electron chi connectivity index (χ4n) is 2.11. The second-order valence-electron chi connectivity index (χ2n) is 5.25. The molecule has 0 saturated heterocycles. The molecule has 0 fully saturated rings. The Balaban J connectivity index is 0. The minimum atomic E-state index is -3.33. The molecule has 0 aliphatic carbocycles. The van der Waals surface area contributed by atoms with Crippen molar-refractivity contribution in [2.45, 2.75) is 72.8 Å². The van der Waals surface area contributed by atoms with Gasteiger partial charge < -0.3 is 4.89 Å². The van der Waals surface area contributed by atoms with E-state index in [9.17, 15) is 19.5 Å². The van der Waals surface area contributed by atoms with Gasteiger partial charge in [-0.05, 0) is 34.1 Å². The summed E-state index contributed by atoms with van der Waals surface area (Å²) >= 11 is 0. The molecule has 128 valence electrons. The van der Waals surface area contributed by atoms with E-state index < -0.39 is 25.1 Å². The molecule has 1 amide bonds. The van der Waals surface area contributed by atoms with E-state index in [1.54, 1.807) is 18.7 Å². The van der Waals surface area contributed by atoms with Crippen LogP contribution in [0.3, 0.4) is 0 Å². The van der Waals surface area contributed by atoms with Crippen LogP contribution in [0.4, 0.5) is 0 Å². The maximum Gasteiger partial charge on any atom is 0.262 e. The van der Waals surface area contributed by atoms with E-state index in [2.05, 4.69) is 0 Å². The van der Waals surface area contributed by atoms with Gasteiger partial charge >= 0.3 is 0 Å². The van der Waals surface area contributed by atoms with Gasteiger partial charge in [-0.2, -0.15) is 0 Å². The van der Waals surface area contributed by atoms with Crippen LogP contribution in [0.1, 0.15) is 54.9 Å². The van der Waals surface area contributed by atoms with Crippen LogP contribution < -0.4 is 0 Å². The van der Waals surface area contributed by atoms with Gasteiger partial charge in [-0.3, -0.25) is 19.5 Å². The first-order valence-electron chi connectivity index (χ1n) is 7.61. The molecular formula is C14H33N2O4P. The predicted molar refractivity (Wildman–Crippen MR) is 86.8 cm³/mol. The summed E-state index contributed by atoms with van der Waals surface area (Å²) in [4.78, 5) is 23.4. The van der Waals surface area contributed by atoms with Gasteiger partial charge in [0.25, 0.3) is 5.91 Å². The highest BCUT2D eigenvalue weighted by Crippen LogP contribution is 2.44. The lowest BCUT2D eigenvalue weighted by Gasteiger charge is -2.38. The first-order chi connectivity index (χ1) is 9.53. The van der Waals surface area contributed by atoms with Crippen molar-refractivity contribution in [3.05, 3.63) is 0 Å². The van der Waals surface area contributed by atoms with E-state index in [0.717, 1.165) is 0 Å². The normalized spacial score (nSPS) is 16.8. The summed E-state index contributed by atoms with van der Waals surface area (Å²) < 4.78 is 11.8. The molecule has 0 aromatic rings. The molecule has 6 nitrogen and oxygen atoms in total. The average molecular weight is 324 g/mol. The van der Waals surface area contributed by atoms with Crippen LogP contribution in [0.25, 0.3) is 0 Å². The predicted octanol–water partition coefficient (Wildman–Crippen LogP) is 2.99. The van der Waals surface area contributed by atoms with Crippen LogP contribution in [0.15, 0.2) is 0 Å². The molecule has 0 aromatic carbocycles. The third kappa shape index (κ3) is 7.41. The fraction of sp³-hybridized carbons (Fsp3) is 0.929. The number of amides is 1. The van der Waals surface area contributed by atoms with Gasteiger partial charge in [-0.25, -0.2) is 5.06 Å². The highest BCUT2D eigenvalue weighted by atomic mass is 31.2. The maximum absolute atomic E-state index is 12.1. The van der Waals surface area contributed by atoms with Crippen molar-refractivity contribution in [1.29, 1.82) is 0 Å². The van der Waals surface area contributed by atoms with Crippen molar-refractivity contribution in [2.75, 3.05) is 13.2 Å². The van der Waals surface area contributed by atoms with Crippen molar-refractivity contribution in [3.63, 3.8) is 0 Å². The third-order valence-electron chi connectivity index (χ3n) is 3.22. The van der Waals surface area contributed by atoms with E-state index >= 15 is 0 Å². The quantitative estimate of drug-likeness (QED) is 0.427. The van der Waals surface area contributed by atoms with Gasteiger partial charge in [-0.1, -0.05) is 20.8 Å². The Morgan fingerprint density at radius 2 is 1.62 bits per heavy atom. The van der Waals surface area contributed by atoms with E-state index in [1.807, 2.05) is 34.6 Å². The molecule has 0 spiro atoms. The highest BCUT2D eigenvalue weighted by Gasteiger charge is 2.36. The number of hydrogen-bond acceptors (Lipinski definition) is 4. The zero-order valence-corrected chi connectivity index (χ0v) is 15.6. The molecule has 3 atom stereocenters. The number of hydrogen-bond donors (Lipinski definition) is 2. The SMILES string of the molecule is CC.CCCN(O)C(=O)C(C)N(C(C)C)C(C)P(C)(=O)O. The minimum Gasteiger partial charge on any atom is -0.343 e. The molecule has 0 aromatic heterocycles. The zero-order chi connectivity index (χ0) is 17.4. The van der Waals surface area contributed by atoms with Gasteiger partial charge in [-0.15, -0.1) is 0 Å². The van der Waals surface area contributed by atoms with Gasteiger partial charge in [0.15, 0.2) is 0 Å². The van der Waals surface area contributed by atoms with Crippen LogP contribution in [0, 0.1) is 0 Å². The smallest absolute Gasteiger partial charge is 0.262 e. The second-order valence-corrected chi connectivity index (χ2v) is 7.89. The van der Waals surface area contributed by atoms with E-state index in [4.69, 9.17) is 0 Å². The monoisotopic (exact) mass is 324 g/mol. The summed E-state index contributed by atoms with van der Waals surface area (Å²) in [6, 6.07) is -0.726. The molecule has 2 N–H and O–H groups in total. The molecule has 0 bridgehead atoms. The Hall–Kier alpha value is -0.420. The molecule has 0 aliphatic heterocycles. The summed E-state index contributed by atoms with van der Waals surface area (Å²) in [5, 5.41) is 10.3.